The van der Waals surface area contributed by atoms with Crippen LogP contribution in [0.4, 0.5) is 17.6 Å². The normalized spacial score (nSPS) is 12.3. The Kier molecular flexibility index (Phi) is 2.73. The Hall–Kier alpha value is -1.59. The molecule has 0 atom stereocenters. The highest BCUT2D eigenvalue weighted by atomic mass is 19.4. The van der Waals surface area contributed by atoms with Gasteiger partial charge in [0.25, 0.3) is 0 Å². The molecule has 0 aliphatic heterocycles. The van der Waals surface area contributed by atoms with Gasteiger partial charge in [0.15, 0.2) is 0 Å². The Labute approximate surface area is 76.5 Å². The summed E-state index contributed by atoms with van der Waals surface area (Å²) >= 11 is 0. The number of alkyl halides is 3. The first-order valence-electron chi connectivity index (χ1n) is 3.50. The van der Waals surface area contributed by atoms with E-state index in [1.165, 1.54) is 0 Å². The number of hydrogen-bond donors (Lipinski definition) is 1. The summed E-state index contributed by atoms with van der Waals surface area (Å²) < 4.78 is 49.6. The highest BCUT2D eigenvalue weighted by molar-refractivity contribution is 5.81. The van der Waals surface area contributed by atoms with Crippen LogP contribution in [0.15, 0.2) is 23.4 Å². The van der Waals surface area contributed by atoms with Gasteiger partial charge in [0, 0.05) is 5.56 Å². The summed E-state index contributed by atoms with van der Waals surface area (Å²) in [6.07, 6.45) is -4.25. The molecule has 0 heterocycles. The van der Waals surface area contributed by atoms with E-state index in [1.54, 1.807) is 0 Å². The van der Waals surface area contributed by atoms with Gasteiger partial charge in [-0.25, -0.2) is 4.39 Å². The first kappa shape index (κ1) is 10.5. The van der Waals surface area contributed by atoms with Crippen LogP contribution >= 0.6 is 0 Å². The van der Waals surface area contributed by atoms with E-state index in [2.05, 4.69) is 5.16 Å². The minimum Gasteiger partial charge on any atom is -0.411 e. The van der Waals surface area contributed by atoms with Gasteiger partial charge in [-0.1, -0.05) is 11.2 Å². The van der Waals surface area contributed by atoms with Crippen molar-refractivity contribution in [2.24, 2.45) is 5.16 Å². The summed E-state index contributed by atoms with van der Waals surface area (Å²) in [6, 6.07) is 2.50. The molecule has 1 aromatic rings. The first-order chi connectivity index (χ1) is 6.46. The average molecular weight is 207 g/mol. The Morgan fingerprint density at radius 3 is 2.43 bits per heavy atom. The molecule has 0 aliphatic carbocycles. The van der Waals surface area contributed by atoms with Gasteiger partial charge in [0.05, 0.1) is 11.8 Å². The molecule has 0 aliphatic rings. The molecule has 0 saturated heterocycles. The molecular formula is C8H5F4NO. The van der Waals surface area contributed by atoms with E-state index in [0.717, 1.165) is 12.1 Å². The van der Waals surface area contributed by atoms with E-state index in [4.69, 9.17) is 5.21 Å². The zero-order valence-corrected chi connectivity index (χ0v) is 6.72. The number of hydrogen-bond acceptors (Lipinski definition) is 2. The van der Waals surface area contributed by atoms with Gasteiger partial charge >= 0.3 is 6.18 Å². The van der Waals surface area contributed by atoms with Gasteiger partial charge < -0.3 is 5.21 Å². The number of rotatable bonds is 1. The van der Waals surface area contributed by atoms with Gasteiger partial charge in [-0.05, 0) is 12.1 Å². The number of oxime groups is 1. The van der Waals surface area contributed by atoms with Crippen molar-refractivity contribution >= 4 is 6.21 Å². The third kappa shape index (κ3) is 2.01. The van der Waals surface area contributed by atoms with Crippen LogP contribution in [-0.2, 0) is 6.18 Å². The number of benzene rings is 1. The monoisotopic (exact) mass is 207 g/mol. The third-order valence-electron chi connectivity index (χ3n) is 1.55. The molecule has 76 valence electrons. The van der Waals surface area contributed by atoms with Gasteiger partial charge in [-0.2, -0.15) is 13.2 Å². The summed E-state index contributed by atoms with van der Waals surface area (Å²) in [6.45, 7) is 0. The maximum atomic E-state index is 12.9. The summed E-state index contributed by atoms with van der Waals surface area (Å²) in [5.74, 6) is -1.09. The van der Waals surface area contributed by atoms with E-state index < -0.39 is 23.1 Å². The van der Waals surface area contributed by atoms with E-state index in [9.17, 15) is 17.6 Å². The lowest BCUT2D eigenvalue weighted by Crippen LogP contribution is -2.10. The van der Waals surface area contributed by atoms with Crippen molar-refractivity contribution < 1.29 is 22.8 Å². The zero-order chi connectivity index (χ0) is 10.8. The Morgan fingerprint density at radius 1 is 1.29 bits per heavy atom. The standard InChI is InChI=1S/C8H5F4NO/c9-7-3-1-2-6(8(10,11)12)5(7)4-13-14/h1-4,14H. The zero-order valence-electron chi connectivity index (χ0n) is 6.72. The number of nitrogens with zero attached hydrogens (tertiary/aromatic N) is 1. The molecular weight excluding hydrogens is 202 g/mol. The van der Waals surface area contributed by atoms with Crippen molar-refractivity contribution in [3.63, 3.8) is 0 Å². The second-order valence-electron chi connectivity index (χ2n) is 2.44. The largest absolute Gasteiger partial charge is 0.417 e. The molecule has 0 aromatic heterocycles. The molecule has 0 saturated carbocycles. The SMILES string of the molecule is ON=Cc1c(F)cccc1C(F)(F)F. The summed E-state index contributed by atoms with van der Waals surface area (Å²) in [5.41, 5.74) is -1.95. The lowest BCUT2D eigenvalue weighted by Gasteiger charge is -2.09. The van der Waals surface area contributed by atoms with Crippen LogP contribution in [0, 0.1) is 5.82 Å². The summed E-state index contributed by atoms with van der Waals surface area (Å²) in [5, 5.41) is 10.4. The van der Waals surface area contributed by atoms with E-state index in [1.807, 2.05) is 0 Å². The highest BCUT2D eigenvalue weighted by Gasteiger charge is 2.33. The van der Waals surface area contributed by atoms with Crippen LogP contribution in [0.2, 0.25) is 0 Å². The molecule has 6 heteroatoms. The van der Waals surface area contributed by atoms with Crippen molar-refractivity contribution in [1.29, 1.82) is 0 Å². The molecule has 14 heavy (non-hydrogen) atoms. The first-order valence-corrected chi connectivity index (χ1v) is 3.50. The minimum absolute atomic E-state index is 0.415. The Balaban J connectivity index is 3.36. The fourth-order valence-corrected chi connectivity index (χ4v) is 0.973. The van der Waals surface area contributed by atoms with Crippen LogP contribution < -0.4 is 0 Å². The van der Waals surface area contributed by atoms with Gasteiger partial charge in [0.1, 0.15) is 5.82 Å². The van der Waals surface area contributed by atoms with Gasteiger partial charge in [-0.15, -0.1) is 0 Å². The molecule has 1 aromatic carbocycles. The molecule has 1 N–H and O–H groups in total. The molecule has 0 radical (unpaired) electrons. The van der Waals surface area contributed by atoms with Gasteiger partial charge in [-0.3, -0.25) is 0 Å². The lowest BCUT2D eigenvalue weighted by molar-refractivity contribution is -0.137. The molecule has 0 fully saturated rings. The van der Waals surface area contributed by atoms with Crippen molar-refractivity contribution in [2.75, 3.05) is 0 Å². The van der Waals surface area contributed by atoms with E-state index >= 15 is 0 Å². The molecule has 0 bridgehead atoms. The quantitative estimate of drug-likeness (QED) is 0.326. The third-order valence-corrected chi connectivity index (χ3v) is 1.55. The lowest BCUT2D eigenvalue weighted by atomic mass is 10.1. The maximum absolute atomic E-state index is 12.9. The number of halogens is 4. The van der Waals surface area contributed by atoms with Crippen molar-refractivity contribution in [3.8, 4) is 0 Å². The second-order valence-corrected chi connectivity index (χ2v) is 2.44. The van der Waals surface area contributed by atoms with Crippen LogP contribution in [-0.4, -0.2) is 11.4 Å². The highest BCUT2D eigenvalue weighted by Crippen LogP contribution is 2.32. The predicted molar refractivity (Wildman–Crippen MR) is 40.8 cm³/mol. The molecule has 0 amide bonds. The van der Waals surface area contributed by atoms with Crippen LogP contribution in [0.25, 0.3) is 0 Å². The topological polar surface area (TPSA) is 32.6 Å². The molecule has 0 spiro atoms. The fraction of sp³-hybridized carbons (Fsp3) is 0.125. The minimum atomic E-state index is -4.67. The summed E-state index contributed by atoms with van der Waals surface area (Å²) in [7, 11) is 0. The van der Waals surface area contributed by atoms with Crippen molar-refractivity contribution in [2.45, 2.75) is 6.18 Å². The Bertz CT molecular complexity index is 359. The van der Waals surface area contributed by atoms with E-state index in [0.29, 0.717) is 12.3 Å². The predicted octanol–water partition coefficient (Wildman–Crippen LogP) is 2.65. The second kappa shape index (κ2) is 3.65. The average Bonchev–Trinajstić information content (AvgIpc) is 2.07. The molecule has 0 unspecified atom stereocenters. The van der Waals surface area contributed by atoms with E-state index in [-0.39, 0.29) is 0 Å². The Morgan fingerprint density at radius 2 is 1.93 bits per heavy atom. The smallest absolute Gasteiger partial charge is 0.411 e. The molecule has 2 nitrogen and oxygen atoms in total. The molecule has 1 rings (SSSR count). The maximum Gasteiger partial charge on any atom is 0.417 e. The van der Waals surface area contributed by atoms with Crippen molar-refractivity contribution in [3.05, 3.63) is 35.1 Å². The van der Waals surface area contributed by atoms with Crippen LogP contribution in [0.1, 0.15) is 11.1 Å². The van der Waals surface area contributed by atoms with Gasteiger partial charge in [0.2, 0.25) is 0 Å². The van der Waals surface area contributed by atoms with Crippen LogP contribution in [0.5, 0.6) is 0 Å². The summed E-state index contributed by atoms with van der Waals surface area (Å²) in [4.78, 5) is 0. The van der Waals surface area contributed by atoms with Crippen molar-refractivity contribution in [1.82, 2.24) is 0 Å². The fourth-order valence-electron chi connectivity index (χ4n) is 0.973. The van der Waals surface area contributed by atoms with Crippen LogP contribution in [0.3, 0.4) is 0 Å².